The van der Waals surface area contributed by atoms with Gasteiger partial charge in [-0.05, 0) is 299 Å². The molecule has 110 heavy (non-hydrogen) atoms. The van der Waals surface area contributed by atoms with Crippen LogP contribution in [0.15, 0.2) is 243 Å². The number of fused-ring (bicyclic) bond motifs is 15. The van der Waals surface area contributed by atoms with Gasteiger partial charge in [-0.3, -0.25) is 0 Å². The fourth-order valence-corrected chi connectivity index (χ4v) is 33.5. The molecule has 0 saturated heterocycles. The highest BCUT2D eigenvalue weighted by Crippen LogP contribution is 2.77. The van der Waals surface area contributed by atoms with Crippen LogP contribution in [0.5, 0.6) is 0 Å². The van der Waals surface area contributed by atoms with Crippen LogP contribution in [0.2, 0.25) is 0 Å². The van der Waals surface area contributed by atoms with Crippen LogP contribution >= 0.6 is 0 Å². The van der Waals surface area contributed by atoms with Crippen LogP contribution in [-0.2, 0) is 54.1 Å². The van der Waals surface area contributed by atoms with E-state index in [1.165, 1.54) is 184 Å². The molecule has 0 heteroatoms. The first-order valence-corrected chi connectivity index (χ1v) is 44.3. The van der Waals surface area contributed by atoms with E-state index in [0.717, 1.165) is 59.2 Å². The molecule has 0 unspecified atom stereocenters. The first-order valence-electron chi connectivity index (χ1n) is 44.3. The monoisotopic (exact) mass is 1440 g/mol. The van der Waals surface area contributed by atoms with Crippen molar-refractivity contribution in [1.29, 1.82) is 0 Å². The maximum Gasteiger partial charge on any atom is 0.00614 e. The van der Waals surface area contributed by atoms with Crippen molar-refractivity contribution in [2.24, 2.45) is 59.2 Å². The lowest BCUT2D eigenvalue weighted by Crippen LogP contribution is -2.43. The van der Waals surface area contributed by atoms with Crippen LogP contribution < -0.4 is 0 Å². The van der Waals surface area contributed by atoms with E-state index >= 15 is 0 Å². The smallest absolute Gasteiger partial charge is 0.00614 e. The molecule has 15 aliphatic rings. The van der Waals surface area contributed by atoms with E-state index in [1.54, 1.807) is 55.6 Å². The van der Waals surface area contributed by atoms with Crippen LogP contribution in [0, 0.1) is 59.2 Å². The lowest BCUT2D eigenvalue weighted by Gasteiger charge is -2.47. The predicted molar refractivity (Wildman–Crippen MR) is 460 cm³/mol. The van der Waals surface area contributed by atoms with Gasteiger partial charge in [0.25, 0.3) is 0 Å². The van der Waals surface area contributed by atoms with Gasteiger partial charge in [-0.25, -0.2) is 0 Å². The summed E-state index contributed by atoms with van der Waals surface area (Å²) in [5, 5.41) is 0. The number of rotatable bonds is 0. The summed E-state index contributed by atoms with van der Waals surface area (Å²) in [6.45, 7) is 24.8. The van der Waals surface area contributed by atoms with Crippen molar-refractivity contribution in [3.8, 4) is 55.6 Å². The molecule has 25 rings (SSSR count). The largest absolute Gasteiger partial charge is 0.0624 e. The van der Waals surface area contributed by atoms with Crippen molar-refractivity contribution in [2.75, 3.05) is 0 Å². The van der Waals surface area contributed by atoms with E-state index in [0.29, 0.717) is 54.1 Å². The van der Waals surface area contributed by atoms with Crippen molar-refractivity contribution >= 4 is 0 Å². The van der Waals surface area contributed by atoms with Crippen molar-refractivity contribution in [2.45, 2.75) is 252 Å². The second-order valence-electron chi connectivity index (χ2n) is 41.4. The average Bonchev–Trinajstić information content (AvgIpc) is 1.54. The zero-order valence-electron chi connectivity index (χ0n) is 68.0. The normalized spacial score (nSPS) is 38.1. The average molecular weight is 1440 g/mol. The van der Waals surface area contributed by atoms with Gasteiger partial charge in [0.2, 0.25) is 0 Å². The lowest BCUT2D eigenvalue weighted by molar-refractivity contribution is 0.299. The summed E-state index contributed by atoms with van der Waals surface area (Å²) >= 11 is 0. The van der Waals surface area contributed by atoms with Gasteiger partial charge in [0, 0.05) is 54.1 Å². The third kappa shape index (κ3) is 9.21. The molecule has 0 N–H and O–H groups in total. The van der Waals surface area contributed by atoms with Gasteiger partial charge < -0.3 is 0 Å². The second kappa shape index (κ2) is 24.9. The minimum absolute atomic E-state index is 0.400. The summed E-state index contributed by atoms with van der Waals surface area (Å²) in [7, 11) is 0. The fraction of sp³-hybridized carbons (Fsp3) is 0.455. The van der Waals surface area contributed by atoms with E-state index < -0.39 is 0 Å². The van der Waals surface area contributed by atoms with Crippen LogP contribution in [0.1, 0.15) is 253 Å². The third-order valence-electron chi connectivity index (χ3n) is 34.4. The molecular weight excluding hydrogens is 1320 g/mol. The topological polar surface area (TPSA) is 0 Å². The van der Waals surface area contributed by atoms with Gasteiger partial charge in [-0.2, -0.15) is 0 Å². The van der Waals surface area contributed by atoms with E-state index in [9.17, 15) is 0 Å². The standard InChI is InChI=1S/5C22H24/c5*1-15-11-21-13-16(2)14-22(21,12-15)20-10-6-4-8-18(20)17-7-3-5-9-19(17)21/h5*3-10,15-16H,11-14H2,1-2H3. The Morgan fingerprint density at radius 3 is 0.282 bits per heavy atom. The van der Waals surface area contributed by atoms with E-state index in [4.69, 9.17) is 0 Å². The Bertz CT molecular complexity index is 4140. The van der Waals surface area contributed by atoms with Crippen LogP contribution in [0.3, 0.4) is 0 Å². The fourth-order valence-electron chi connectivity index (χ4n) is 33.5. The summed E-state index contributed by atoms with van der Waals surface area (Å²) < 4.78 is 0. The maximum absolute atomic E-state index is 2.48. The van der Waals surface area contributed by atoms with Gasteiger partial charge in [-0.1, -0.05) is 312 Å². The lowest BCUT2D eigenvalue weighted by atomic mass is 9.55. The van der Waals surface area contributed by atoms with Gasteiger partial charge in [0.15, 0.2) is 0 Å². The highest BCUT2D eigenvalue weighted by Gasteiger charge is 2.71. The Morgan fingerprint density at radius 2 is 0.200 bits per heavy atom. The molecule has 560 valence electrons. The summed E-state index contributed by atoms with van der Waals surface area (Å²) in [4.78, 5) is 0. The molecule has 0 aliphatic heterocycles. The second-order valence-corrected chi connectivity index (χ2v) is 41.4. The molecule has 0 nitrogen and oxygen atoms in total. The zero-order chi connectivity index (χ0) is 74.7. The van der Waals surface area contributed by atoms with Gasteiger partial charge in [-0.15, -0.1) is 0 Å². The molecule has 0 radical (unpaired) electrons. The van der Waals surface area contributed by atoms with Crippen LogP contribution in [0.4, 0.5) is 0 Å². The number of hydrogen-bond acceptors (Lipinski definition) is 0. The van der Waals surface area contributed by atoms with Gasteiger partial charge in [0.05, 0.1) is 0 Å². The molecule has 0 atom stereocenters. The molecule has 15 aliphatic carbocycles. The molecular formula is C110H120. The first-order chi connectivity index (χ1) is 53.3. The van der Waals surface area contributed by atoms with Crippen LogP contribution in [-0.4, -0.2) is 0 Å². The van der Waals surface area contributed by atoms with Gasteiger partial charge >= 0.3 is 0 Å². The van der Waals surface area contributed by atoms with E-state index in [1.807, 2.05) is 0 Å². The van der Waals surface area contributed by atoms with E-state index in [-0.39, 0.29) is 0 Å². The summed E-state index contributed by atoms with van der Waals surface area (Å²) in [6, 6.07) is 92.8. The third-order valence-corrected chi connectivity index (χ3v) is 34.4. The minimum atomic E-state index is 0.400. The summed E-state index contributed by atoms with van der Waals surface area (Å²) in [6.07, 6.45) is 27.6. The van der Waals surface area contributed by atoms with Crippen LogP contribution in [0.25, 0.3) is 55.6 Å². The molecule has 10 aromatic carbocycles. The van der Waals surface area contributed by atoms with Crippen molar-refractivity contribution in [3.63, 3.8) is 0 Å². The number of hydrogen-bond donors (Lipinski definition) is 0. The molecule has 0 spiro atoms. The van der Waals surface area contributed by atoms with Gasteiger partial charge in [0.1, 0.15) is 0 Å². The van der Waals surface area contributed by atoms with E-state index in [2.05, 4.69) is 312 Å². The maximum atomic E-state index is 2.48. The SMILES string of the molecule is CC1CC23CC(C)CC2(C1)c1ccccc1-c1ccccc13.CC1CC23CC(C)CC2(C1)c1ccccc1-c1ccccc13.CC1CC23CC(C)CC2(C1)c1ccccc1-c1ccccc13.CC1CC23CC(C)CC2(C1)c1ccccc1-c1ccccc13.CC1CC23CC(C)CC2(C1)c1ccccc1-c1ccccc13. The highest BCUT2D eigenvalue weighted by atomic mass is 14.7. The molecule has 0 bridgehead atoms. The molecule has 10 aromatic rings. The number of benzene rings is 10. The molecule has 0 amide bonds. The first kappa shape index (κ1) is 70.1. The van der Waals surface area contributed by atoms with Crippen molar-refractivity contribution in [3.05, 3.63) is 298 Å². The Balaban J connectivity index is 0.0000000873. The molecule has 0 aromatic heterocycles. The molecule has 0 heterocycles. The highest BCUT2D eigenvalue weighted by molar-refractivity contribution is 5.84. The summed E-state index contributed by atoms with van der Waals surface area (Å²) in [5.41, 5.74) is 35.7. The summed E-state index contributed by atoms with van der Waals surface area (Å²) in [5.74, 6) is 8.40. The minimum Gasteiger partial charge on any atom is -0.0624 e. The zero-order valence-corrected chi connectivity index (χ0v) is 68.0. The molecule has 10 saturated carbocycles. The Hall–Kier alpha value is -7.80. The Morgan fingerprint density at radius 1 is 0.127 bits per heavy atom. The van der Waals surface area contributed by atoms with Crippen molar-refractivity contribution < 1.29 is 0 Å². The predicted octanol–water partition coefficient (Wildman–Crippen LogP) is 28.5. The molecule has 10 fully saturated rings. The Labute approximate surface area is 660 Å². The Kier molecular flexibility index (Phi) is 15.8. The van der Waals surface area contributed by atoms with Crippen molar-refractivity contribution in [1.82, 2.24) is 0 Å². The quantitative estimate of drug-likeness (QED) is 0.142.